The molecule has 0 spiro atoms. The Bertz CT molecular complexity index is 680. The van der Waals surface area contributed by atoms with Gasteiger partial charge in [-0.1, -0.05) is 32.1 Å². The molecule has 2 aliphatic carbocycles. The Morgan fingerprint density at radius 2 is 1.41 bits per heavy atom. The summed E-state index contributed by atoms with van der Waals surface area (Å²) >= 11 is 0. The molecule has 3 N–H and O–H groups in total. The second kappa shape index (κ2) is 9.02. The van der Waals surface area contributed by atoms with E-state index >= 15 is 0 Å². The van der Waals surface area contributed by atoms with Gasteiger partial charge in [0, 0.05) is 17.3 Å². The number of anilines is 1. The van der Waals surface area contributed by atoms with Gasteiger partial charge in [-0.2, -0.15) is 0 Å². The predicted molar refractivity (Wildman–Crippen MR) is 102 cm³/mol. The Hall–Kier alpha value is -2.37. The molecule has 0 radical (unpaired) electrons. The maximum atomic E-state index is 12.5. The fourth-order valence-corrected chi connectivity index (χ4v) is 4.20. The molecule has 3 rings (SSSR count). The van der Waals surface area contributed by atoms with E-state index in [-0.39, 0.29) is 17.9 Å². The Morgan fingerprint density at radius 3 is 2.04 bits per heavy atom. The quantitative estimate of drug-likeness (QED) is 0.736. The molecule has 2 saturated carbocycles. The number of carboxylic acids is 1. The molecule has 1 aromatic carbocycles. The molecule has 2 aliphatic rings. The summed E-state index contributed by atoms with van der Waals surface area (Å²) in [6.45, 7) is 0. The minimum atomic E-state index is -0.899. The van der Waals surface area contributed by atoms with Gasteiger partial charge in [0.05, 0.1) is 11.8 Å². The van der Waals surface area contributed by atoms with Gasteiger partial charge in [-0.15, -0.1) is 0 Å². The molecule has 2 fully saturated rings. The first kappa shape index (κ1) is 19.4. The van der Waals surface area contributed by atoms with Crippen LogP contribution in [0.15, 0.2) is 24.3 Å². The monoisotopic (exact) mass is 372 g/mol. The van der Waals surface area contributed by atoms with Crippen molar-refractivity contribution in [1.82, 2.24) is 5.32 Å². The van der Waals surface area contributed by atoms with Gasteiger partial charge in [0.1, 0.15) is 0 Å². The second-order valence-corrected chi connectivity index (χ2v) is 7.71. The van der Waals surface area contributed by atoms with Gasteiger partial charge in [0.15, 0.2) is 0 Å². The lowest BCUT2D eigenvalue weighted by atomic mass is 9.78. The number of carboxylic acid groups (broad SMARTS) is 1. The number of carbonyl (C=O) groups excluding carboxylic acids is 2. The zero-order chi connectivity index (χ0) is 19.2. The zero-order valence-electron chi connectivity index (χ0n) is 15.6. The van der Waals surface area contributed by atoms with Crippen LogP contribution < -0.4 is 10.6 Å². The van der Waals surface area contributed by atoms with Crippen molar-refractivity contribution in [1.29, 1.82) is 0 Å². The molecular formula is C21H28N2O4. The molecule has 2 atom stereocenters. The van der Waals surface area contributed by atoms with Crippen molar-refractivity contribution in [3.05, 3.63) is 29.8 Å². The largest absolute Gasteiger partial charge is 0.481 e. The third-order valence-corrected chi connectivity index (χ3v) is 5.77. The van der Waals surface area contributed by atoms with E-state index < -0.39 is 17.8 Å². The third kappa shape index (κ3) is 5.08. The molecule has 0 saturated heterocycles. The van der Waals surface area contributed by atoms with Crippen LogP contribution in [-0.4, -0.2) is 28.9 Å². The first-order valence-electron chi connectivity index (χ1n) is 9.99. The van der Waals surface area contributed by atoms with Gasteiger partial charge in [0.25, 0.3) is 5.91 Å². The molecule has 6 nitrogen and oxygen atoms in total. The van der Waals surface area contributed by atoms with Crippen LogP contribution in [0.2, 0.25) is 0 Å². The molecule has 2 amide bonds. The van der Waals surface area contributed by atoms with Crippen molar-refractivity contribution < 1.29 is 19.5 Å². The Balaban J connectivity index is 1.57. The van der Waals surface area contributed by atoms with Crippen LogP contribution in [0.5, 0.6) is 0 Å². The second-order valence-electron chi connectivity index (χ2n) is 7.71. The van der Waals surface area contributed by atoms with Gasteiger partial charge >= 0.3 is 5.97 Å². The number of aliphatic carboxylic acids is 1. The average molecular weight is 372 g/mol. The van der Waals surface area contributed by atoms with Gasteiger partial charge in [-0.05, 0) is 49.9 Å². The van der Waals surface area contributed by atoms with Gasteiger partial charge in [0.2, 0.25) is 5.91 Å². The highest BCUT2D eigenvalue weighted by Gasteiger charge is 2.35. The zero-order valence-corrected chi connectivity index (χ0v) is 15.6. The summed E-state index contributed by atoms with van der Waals surface area (Å²) in [6, 6.07) is 7.05. The highest BCUT2D eigenvalue weighted by Crippen LogP contribution is 2.31. The van der Waals surface area contributed by atoms with Crippen LogP contribution in [0.25, 0.3) is 0 Å². The van der Waals surface area contributed by atoms with Crippen LogP contribution in [0.4, 0.5) is 5.69 Å². The van der Waals surface area contributed by atoms with E-state index in [9.17, 15) is 19.5 Å². The molecule has 1 aromatic rings. The SMILES string of the molecule is O=C(NC1CCCCC1)c1ccc(NC(=O)[C@H]2CCCC[C@H]2C(=O)O)cc1. The molecule has 0 aliphatic heterocycles. The topological polar surface area (TPSA) is 95.5 Å². The van der Waals surface area contributed by atoms with Gasteiger partial charge in [-0.3, -0.25) is 14.4 Å². The predicted octanol–water partition coefficient (Wildman–Crippen LogP) is 3.58. The highest BCUT2D eigenvalue weighted by atomic mass is 16.4. The van der Waals surface area contributed by atoms with Crippen molar-refractivity contribution in [2.24, 2.45) is 11.8 Å². The molecule has 0 unspecified atom stereocenters. The molecule has 0 aromatic heterocycles. The summed E-state index contributed by atoms with van der Waals surface area (Å²) < 4.78 is 0. The van der Waals surface area contributed by atoms with Gasteiger partial charge < -0.3 is 15.7 Å². The first-order valence-corrected chi connectivity index (χ1v) is 9.99. The molecule has 27 heavy (non-hydrogen) atoms. The Labute approximate surface area is 159 Å². The minimum absolute atomic E-state index is 0.0852. The van der Waals surface area contributed by atoms with Crippen LogP contribution in [0, 0.1) is 11.8 Å². The van der Waals surface area contributed by atoms with E-state index in [0.29, 0.717) is 24.1 Å². The maximum absolute atomic E-state index is 12.5. The van der Waals surface area contributed by atoms with Crippen molar-refractivity contribution >= 4 is 23.5 Å². The Kier molecular flexibility index (Phi) is 6.48. The molecule has 0 heterocycles. The molecule has 146 valence electrons. The minimum Gasteiger partial charge on any atom is -0.481 e. The fourth-order valence-electron chi connectivity index (χ4n) is 4.20. The molecule has 6 heteroatoms. The number of benzene rings is 1. The van der Waals surface area contributed by atoms with Crippen molar-refractivity contribution in [3.8, 4) is 0 Å². The van der Waals surface area contributed by atoms with E-state index in [1.54, 1.807) is 24.3 Å². The van der Waals surface area contributed by atoms with E-state index in [2.05, 4.69) is 10.6 Å². The number of rotatable bonds is 5. The first-order chi connectivity index (χ1) is 13.0. The van der Waals surface area contributed by atoms with E-state index in [4.69, 9.17) is 0 Å². The average Bonchev–Trinajstić information content (AvgIpc) is 2.69. The maximum Gasteiger partial charge on any atom is 0.307 e. The van der Waals surface area contributed by atoms with Crippen molar-refractivity contribution in [2.45, 2.75) is 63.8 Å². The summed E-state index contributed by atoms with van der Waals surface area (Å²) in [5, 5.41) is 15.2. The van der Waals surface area contributed by atoms with E-state index in [1.165, 1.54) is 6.42 Å². The summed E-state index contributed by atoms with van der Waals surface area (Å²) in [6.07, 6.45) is 8.51. The van der Waals surface area contributed by atoms with Gasteiger partial charge in [-0.25, -0.2) is 0 Å². The third-order valence-electron chi connectivity index (χ3n) is 5.77. The standard InChI is InChI=1S/C21H28N2O4/c24-19(22-15-6-2-1-3-7-15)14-10-12-16(13-11-14)23-20(25)17-8-4-5-9-18(17)21(26)27/h10-13,15,17-18H,1-9H2,(H,22,24)(H,23,25)(H,26,27)/t17-,18+/m0/s1. The molecular weight excluding hydrogens is 344 g/mol. The van der Waals surface area contributed by atoms with E-state index in [0.717, 1.165) is 38.5 Å². The lowest BCUT2D eigenvalue weighted by Gasteiger charge is -2.27. The molecule has 0 bridgehead atoms. The number of carbonyl (C=O) groups is 3. The Morgan fingerprint density at radius 1 is 0.815 bits per heavy atom. The summed E-state index contributed by atoms with van der Waals surface area (Å²) in [7, 11) is 0. The summed E-state index contributed by atoms with van der Waals surface area (Å²) in [4.78, 5) is 36.2. The fraction of sp³-hybridized carbons (Fsp3) is 0.571. The van der Waals surface area contributed by atoms with Crippen LogP contribution in [-0.2, 0) is 9.59 Å². The normalized spacial score (nSPS) is 23.4. The lowest BCUT2D eigenvalue weighted by molar-refractivity contribution is -0.147. The van der Waals surface area contributed by atoms with Crippen LogP contribution >= 0.6 is 0 Å². The van der Waals surface area contributed by atoms with Crippen LogP contribution in [0.3, 0.4) is 0 Å². The number of nitrogens with one attached hydrogen (secondary N) is 2. The van der Waals surface area contributed by atoms with Crippen molar-refractivity contribution in [2.75, 3.05) is 5.32 Å². The number of hydrogen-bond acceptors (Lipinski definition) is 3. The lowest BCUT2D eigenvalue weighted by Crippen LogP contribution is -2.36. The van der Waals surface area contributed by atoms with E-state index in [1.807, 2.05) is 0 Å². The number of amides is 2. The van der Waals surface area contributed by atoms with Crippen molar-refractivity contribution in [3.63, 3.8) is 0 Å². The van der Waals surface area contributed by atoms with Crippen LogP contribution in [0.1, 0.15) is 68.1 Å². The summed E-state index contributed by atoms with van der Waals surface area (Å²) in [5.74, 6) is -2.34. The highest BCUT2D eigenvalue weighted by molar-refractivity contribution is 5.97. The number of hydrogen-bond donors (Lipinski definition) is 3. The summed E-state index contributed by atoms with van der Waals surface area (Å²) in [5.41, 5.74) is 1.16. The smallest absolute Gasteiger partial charge is 0.307 e.